The summed E-state index contributed by atoms with van der Waals surface area (Å²) < 4.78 is 18.9. The Morgan fingerprint density at radius 1 is 1.25 bits per heavy atom. The van der Waals surface area contributed by atoms with Gasteiger partial charge in [-0.15, -0.1) is 0 Å². The lowest BCUT2D eigenvalue weighted by Crippen LogP contribution is -2.13. The molecule has 0 aliphatic carbocycles. The Bertz CT molecular complexity index is 631. The normalized spacial score (nSPS) is 10.3. The zero-order chi connectivity index (χ0) is 14.5. The van der Waals surface area contributed by atoms with E-state index in [4.69, 9.17) is 27.8 Å². The summed E-state index contributed by atoms with van der Waals surface area (Å²) in [6, 6.07) is 11.3. The molecule has 0 aliphatic rings. The minimum Gasteiger partial charge on any atom is -0.489 e. The third-order valence-corrected chi connectivity index (χ3v) is 3.03. The van der Waals surface area contributed by atoms with Gasteiger partial charge < -0.3 is 15.6 Å². The standard InChI is InChI=1S/C15H14FNO2S/c16-12-4-5-14(15(17)20)11(7-12)9-19-13-3-1-2-10(6-13)8-18/h1-7,18H,8-9H2,(H2,17,20). The monoisotopic (exact) mass is 291 g/mol. The fourth-order valence-corrected chi connectivity index (χ4v) is 2.02. The van der Waals surface area contributed by atoms with Crippen LogP contribution in [0.15, 0.2) is 42.5 Å². The van der Waals surface area contributed by atoms with Crippen LogP contribution >= 0.6 is 12.2 Å². The predicted octanol–water partition coefficient (Wildman–Crippen LogP) is 2.53. The van der Waals surface area contributed by atoms with Crippen molar-refractivity contribution < 1.29 is 14.2 Å². The highest BCUT2D eigenvalue weighted by Crippen LogP contribution is 2.18. The van der Waals surface area contributed by atoms with Crippen LogP contribution in [0.1, 0.15) is 16.7 Å². The highest BCUT2D eigenvalue weighted by molar-refractivity contribution is 7.80. The molecule has 0 amide bonds. The first-order valence-electron chi connectivity index (χ1n) is 6.01. The number of hydrogen-bond donors (Lipinski definition) is 2. The molecular weight excluding hydrogens is 277 g/mol. The number of halogens is 1. The average molecular weight is 291 g/mol. The molecule has 0 unspecified atom stereocenters. The van der Waals surface area contributed by atoms with Gasteiger partial charge in [-0.3, -0.25) is 0 Å². The predicted molar refractivity (Wildman–Crippen MR) is 79.0 cm³/mol. The Morgan fingerprint density at radius 3 is 2.75 bits per heavy atom. The number of nitrogens with two attached hydrogens (primary N) is 1. The van der Waals surface area contributed by atoms with E-state index in [1.807, 2.05) is 0 Å². The van der Waals surface area contributed by atoms with E-state index in [0.717, 1.165) is 5.56 Å². The van der Waals surface area contributed by atoms with Gasteiger partial charge in [-0.25, -0.2) is 4.39 Å². The summed E-state index contributed by atoms with van der Waals surface area (Å²) in [6.07, 6.45) is 0. The fourth-order valence-electron chi connectivity index (χ4n) is 1.82. The summed E-state index contributed by atoms with van der Waals surface area (Å²) in [7, 11) is 0. The van der Waals surface area contributed by atoms with Gasteiger partial charge in [0.15, 0.2) is 0 Å². The molecule has 20 heavy (non-hydrogen) atoms. The third-order valence-electron chi connectivity index (χ3n) is 2.81. The summed E-state index contributed by atoms with van der Waals surface area (Å²) in [5, 5.41) is 9.06. The highest BCUT2D eigenvalue weighted by atomic mass is 32.1. The lowest BCUT2D eigenvalue weighted by Gasteiger charge is -2.11. The number of thiocarbonyl (C=S) groups is 1. The molecule has 0 saturated heterocycles. The molecule has 0 saturated carbocycles. The second kappa shape index (κ2) is 6.45. The summed E-state index contributed by atoms with van der Waals surface area (Å²) in [5.41, 5.74) is 7.53. The Kier molecular flexibility index (Phi) is 4.65. The minimum atomic E-state index is -0.368. The minimum absolute atomic E-state index is 0.0602. The van der Waals surface area contributed by atoms with E-state index in [2.05, 4.69) is 0 Å². The van der Waals surface area contributed by atoms with Crippen molar-refractivity contribution in [2.45, 2.75) is 13.2 Å². The zero-order valence-corrected chi connectivity index (χ0v) is 11.5. The maximum atomic E-state index is 13.3. The van der Waals surface area contributed by atoms with Crippen molar-refractivity contribution in [2.75, 3.05) is 0 Å². The first-order valence-corrected chi connectivity index (χ1v) is 6.42. The van der Waals surface area contributed by atoms with E-state index in [1.165, 1.54) is 12.1 Å². The van der Waals surface area contributed by atoms with E-state index >= 15 is 0 Å². The van der Waals surface area contributed by atoms with Gasteiger partial charge in [0.25, 0.3) is 0 Å². The number of hydrogen-bond acceptors (Lipinski definition) is 3. The number of aliphatic hydroxyl groups is 1. The van der Waals surface area contributed by atoms with Crippen molar-refractivity contribution >= 4 is 17.2 Å². The van der Waals surface area contributed by atoms with Crippen LogP contribution in [0.4, 0.5) is 4.39 Å². The van der Waals surface area contributed by atoms with Crippen LogP contribution in [0.25, 0.3) is 0 Å². The second-order valence-electron chi connectivity index (χ2n) is 4.26. The Balaban J connectivity index is 2.17. The maximum absolute atomic E-state index is 13.3. The van der Waals surface area contributed by atoms with Crippen molar-refractivity contribution in [3.8, 4) is 5.75 Å². The fraction of sp³-hybridized carbons (Fsp3) is 0.133. The lowest BCUT2D eigenvalue weighted by atomic mass is 10.1. The van der Waals surface area contributed by atoms with Crippen molar-refractivity contribution in [1.82, 2.24) is 0 Å². The highest BCUT2D eigenvalue weighted by Gasteiger charge is 2.08. The molecule has 0 radical (unpaired) electrons. The van der Waals surface area contributed by atoms with Gasteiger partial charge in [0.1, 0.15) is 23.2 Å². The van der Waals surface area contributed by atoms with E-state index in [0.29, 0.717) is 16.9 Å². The van der Waals surface area contributed by atoms with Crippen molar-refractivity contribution in [3.63, 3.8) is 0 Å². The molecule has 0 fully saturated rings. The summed E-state index contributed by atoms with van der Waals surface area (Å²) in [5.74, 6) is 0.224. The van der Waals surface area contributed by atoms with E-state index in [9.17, 15) is 4.39 Å². The average Bonchev–Trinajstić information content (AvgIpc) is 2.45. The van der Waals surface area contributed by atoms with E-state index in [1.54, 1.807) is 30.3 Å². The molecule has 3 nitrogen and oxygen atoms in total. The van der Waals surface area contributed by atoms with Crippen LogP contribution in [-0.4, -0.2) is 10.1 Å². The smallest absolute Gasteiger partial charge is 0.123 e. The molecule has 2 aromatic rings. The summed E-state index contributed by atoms with van der Waals surface area (Å²) >= 11 is 4.93. The zero-order valence-electron chi connectivity index (χ0n) is 10.7. The molecule has 0 aliphatic heterocycles. The molecule has 3 N–H and O–H groups in total. The number of aliphatic hydroxyl groups excluding tert-OH is 1. The van der Waals surface area contributed by atoms with Gasteiger partial charge in [0, 0.05) is 11.1 Å². The van der Waals surface area contributed by atoms with Gasteiger partial charge in [-0.2, -0.15) is 0 Å². The largest absolute Gasteiger partial charge is 0.489 e. The SMILES string of the molecule is NC(=S)c1ccc(F)cc1COc1cccc(CO)c1. The molecule has 0 heterocycles. The quantitative estimate of drug-likeness (QED) is 0.831. The van der Waals surface area contributed by atoms with Crippen molar-refractivity contribution in [3.05, 3.63) is 65.0 Å². The molecule has 104 valence electrons. The van der Waals surface area contributed by atoms with Gasteiger partial charge in [-0.1, -0.05) is 24.4 Å². The van der Waals surface area contributed by atoms with E-state index in [-0.39, 0.29) is 24.0 Å². The molecule has 2 rings (SSSR count). The van der Waals surface area contributed by atoms with Gasteiger partial charge in [-0.05, 0) is 35.9 Å². The number of rotatable bonds is 5. The molecule has 5 heteroatoms. The van der Waals surface area contributed by atoms with Crippen LogP contribution in [-0.2, 0) is 13.2 Å². The molecule has 0 aromatic heterocycles. The number of ether oxygens (including phenoxy) is 1. The second-order valence-corrected chi connectivity index (χ2v) is 4.70. The van der Waals surface area contributed by atoms with E-state index < -0.39 is 0 Å². The van der Waals surface area contributed by atoms with Crippen LogP contribution in [0.5, 0.6) is 5.75 Å². The molecule has 0 spiro atoms. The molecular formula is C15H14FNO2S. The third kappa shape index (κ3) is 3.53. The topological polar surface area (TPSA) is 55.5 Å². The van der Waals surface area contributed by atoms with Crippen LogP contribution < -0.4 is 10.5 Å². The van der Waals surface area contributed by atoms with Gasteiger partial charge >= 0.3 is 0 Å². The first kappa shape index (κ1) is 14.4. The molecule has 0 bridgehead atoms. The first-order chi connectivity index (χ1) is 9.60. The number of benzene rings is 2. The summed E-state index contributed by atoms with van der Waals surface area (Å²) in [6.45, 7) is 0.0919. The van der Waals surface area contributed by atoms with Crippen molar-refractivity contribution in [1.29, 1.82) is 0 Å². The molecule has 2 aromatic carbocycles. The van der Waals surface area contributed by atoms with Crippen LogP contribution in [0, 0.1) is 5.82 Å². The van der Waals surface area contributed by atoms with Gasteiger partial charge in [0.05, 0.1) is 6.61 Å². The Labute approximate surface area is 121 Å². The lowest BCUT2D eigenvalue weighted by molar-refractivity contribution is 0.278. The Morgan fingerprint density at radius 2 is 2.05 bits per heavy atom. The van der Waals surface area contributed by atoms with Crippen LogP contribution in [0.3, 0.4) is 0 Å². The maximum Gasteiger partial charge on any atom is 0.123 e. The molecule has 0 atom stereocenters. The van der Waals surface area contributed by atoms with Crippen molar-refractivity contribution in [2.24, 2.45) is 5.73 Å². The summed E-state index contributed by atoms with van der Waals surface area (Å²) in [4.78, 5) is 0.202. The Hall–Kier alpha value is -1.98. The van der Waals surface area contributed by atoms with Crippen LogP contribution in [0.2, 0.25) is 0 Å². The van der Waals surface area contributed by atoms with Gasteiger partial charge in [0.2, 0.25) is 0 Å².